The molecular formula is C11H9ClN2OS. The fraction of sp³-hybridized carbons (Fsp3) is 0.0909. The van der Waals surface area contributed by atoms with Crippen LogP contribution >= 0.6 is 22.9 Å². The normalized spacial score (nSPS) is 10.1. The molecule has 5 heteroatoms. The first kappa shape index (κ1) is 11.1. The molecule has 3 nitrogen and oxygen atoms in total. The summed E-state index contributed by atoms with van der Waals surface area (Å²) < 4.78 is 0. The fourth-order valence-electron chi connectivity index (χ4n) is 1.22. The number of amides is 1. The van der Waals surface area contributed by atoms with Gasteiger partial charge in [-0.25, -0.2) is 0 Å². The number of carbonyl (C=O) groups excluding carboxylic acids is 1. The summed E-state index contributed by atoms with van der Waals surface area (Å²) in [6.07, 6.45) is 3.02. The summed E-state index contributed by atoms with van der Waals surface area (Å²) >= 11 is 7.48. The van der Waals surface area contributed by atoms with Crippen molar-refractivity contribution in [1.82, 2.24) is 10.3 Å². The van der Waals surface area contributed by atoms with E-state index in [1.165, 1.54) is 6.20 Å². The molecule has 0 fully saturated rings. The van der Waals surface area contributed by atoms with Crippen LogP contribution in [0.2, 0.25) is 5.02 Å². The Labute approximate surface area is 102 Å². The summed E-state index contributed by atoms with van der Waals surface area (Å²) in [4.78, 5) is 16.7. The summed E-state index contributed by atoms with van der Waals surface area (Å²) in [6.45, 7) is 0.516. The smallest absolute Gasteiger partial charge is 0.254 e. The average molecular weight is 253 g/mol. The Hall–Kier alpha value is -1.39. The number of carbonyl (C=O) groups is 1. The van der Waals surface area contributed by atoms with Gasteiger partial charge in [0.25, 0.3) is 5.91 Å². The number of nitrogens with zero attached hydrogens (tertiary/aromatic N) is 1. The van der Waals surface area contributed by atoms with Crippen molar-refractivity contribution in [3.63, 3.8) is 0 Å². The molecule has 0 aromatic carbocycles. The van der Waals surface area contributed by atoms with Gasteiger partial charge in [-0.2, -0.15) is 0 Å². The number of hydrogen-bond acceptors (Lipinski definition) is 3. The van der Waals surface area contributed by atoms with Crippen molar-refractivity contribution in [3.8, 4) is 0 Å². The molecule has 2 heterocycles. The van der Waals surface area contributed by atoms with E-state index in [4.69, 9.17) is 11.6 Å². The minimum atomic E-state index is -0.202. The van der Waals surface area contributed by atoms with Crippen molar-refractivity contribution < 1.29 is 4.79 Å². The lowest BCUT2D eigenvalue weighted by molar-refractivity contribution is 0.0951. The van der Waals surface area contributed by atoms with Crippen molar-refractivity contribution in [2.24, 2.45) is 0 Å². The van der Waals surface area contributed by atoms with Gasteiger partial charge >= 0.3 is 0 Å². The summed E-state index contributed by atoms with van der Waals surface area (Å²) in [5, 5.41) is 5.18. The largest absolute Gasteiger partial charge is 0.347 e. The molecule has 0 atom stereocenters. The van der Waals surface area contributed by atoms with E-state index in [9.17, 15) is 4.79 Å². The van der Waals surface area contributed by atoms with Crippen LogP contribution in [0.25, 0.3) is 0 Å². The van der Waals surface area contributed by atoms with Crippen LogP contribution in [0.4, 0.5) is 0 Å². The highest BCUT2D eigenvalue weighted by Gasteiger charge is 2.09. The van der Waals surface area contributed by atoms with Gasteiger partial charge in [0, 0.05) is 17.3 Å². The molecule has 0 spiro atoms. The number of aromatic nitrogens is 1. The lowest BCUT2D eigenvalue weighted by atomic mass is 10.2. The standard InChI is InChI=1S/C11H9ClN2OS/c12-10-3-4-13-7-9(10)11(15)14-6-8-2-1-5-16-8/h1-5,7H,6H2,(H,14,15). The number of nitrogens with one attached hydrogen (secondary N) is 1. The molecule has 1 amide bonds. The molecule has 0 bridgehead atoms. The molecule has 16 heavy (non-hydrogen) atoms. The van der Waals surface area contributed by atoms with Gasteiger partial charge in [-0.1, -0.05) is 17.7 Å². The Morgan fingerprint density at radius 1 is 1.50 bits per heavy atom. The molecule has 0 aliphatic heterocycles. The predicted octanol–water partition coefficient (Wildman–Crippen LogP) is 2.73. The maximum atomic E-state index is 11.7. The predicted molar refractivity (Wildman–Crippen MR) is 64.7 cm³/mol. The van der Waals surface area contributed by atoms with Crippen molar-refractivity contribution in [1.29, 1.82) is 0 Å². The number of halogens is 1. The second-order valence-corrected chi connectivity index (χ2v) is 4.56. The van der Waals surface area contributed by atoms with E-state index < -0.39 is 0 Å². The van der Waals surface area contributed by atoms with Gasteiger partial charge in [-0.3, -0.25) is 9.78 Å². The highest BCUT2D eigenvalue weighted by molar-refractivity contribution is 7.09. The van der Waals surface area contributed by atoms with E-state index in [2.05, 4.69) is 10.3 Å². The minimum absolute atomic E-state index is 0.202. The van der Waals surface area contributed by atoms with Gasteiger partial charge in [-0.05, 0) is 17.5 Å². The van der Waals surface area contributed by atoms with Crippen molar-refractivity contribution in [2.45, 2.75) is 6.54 Å². The van der Waals surface area contributed by atoms with Gasteiger partial charge < -0.3 is 5.32 Å². The van der Waals surface area contributed by atoms with E-state index in [1.807, 2.05) is 17.5 Å². The third kappa shape index (κ3) is 2.59. The summed E-state index contributed by atoms with van der Waals surface area (Å²) in [5.74, 6) is -0.202. The quantitative estimate of drug-likeness (QED) is 0.913. The summed E-state index contributed by atoms with van der Waals surface area (Å²) in [5.41, 5.74) is 0.403. The molecule has 2 rings (SSSR count). The molecule has 1 N–H and O–H groups in total. The van der Waals surface area contributed by atoms with E-state index in [0.29, 0.717) is 17.1 Å². The third-order valence-corrected chi connectivity index (χ3v) is 3.22. The second kappa shape index (κ2) is 5.09. The zero-order valence-electron chi connectivity index (χ0n) is 8.31. The molecule has 0 radical (unpaired) electrons. The number of rotatable bonds is 3. The summed E-state index contributed by atoms with van der Waals surface area (Å²) in [7, 11) is 0. The van der Waals surface area contributed by atoms with Gasteiger partial charge in [-0.15, -0.1) is 11.3 Å². The lowest BCUT2D eigenvalue weighted by Crippen LogP contribution is -2.22. The van der Waals surface area contributed by atoms with Crippen LogP contribution in [0.5, 0.6) is 0 Å². The highest BCUT2D eigenvalue weighted by Crippen LogP contribution is 2.14. The van der Waals surface area contributed by atoms with Crippen LogP contribution in [-0.4, -0.2) is 10.9 Å². The van der Waals surface area contributed by atoms with Gasteiger partial charge in [0.1, 0.15) is 0 Å². The van der Waals surface area contributed by atoms with E-state index in [-0.39, 0.29) is 5.91 Å². The number of pyridine rings is 1. The lowest BCUT2D eigenvalue weighted by Gasteiger charge is -2.04. The Morgan fingerprint density at radius 3 is 3.06 bits per heavy atom. The maximum absolute atomic E-state index is 11.7. The van der Waals surface area contributed by atoms with Gasteiger partial charge in [0.15, 0.2) is 0 Å². The Morgan fingerprint density at radius 2 is 2.38 bits per heavy atom. The van der Waals surface area contributed by atoms with Crippen LogP contribution < -0.4 is 5.32 Å². The molecular weight excluding hydrogens is 244 g/mol. The van der Waals surface area contributed by atoms with Crippen molar-refractivity contribution in [3.05, 3.63) is 51.4 Å². The van der Waals surface area contributed by atoms with Crippen LogP contribution in [0.1, 0.15) is 15.2 Å². The molecule has 82 valence electrons. The van der Waals surface area contributed by atoms with Crippen LogP contribution in [0.3, 0.4) is 0 Å². The monoisotopic (exact) mass is 252 g/mol. The van der Waals surface area contributed by atoms with Crippen molar-refractivity contribution >= 4 is 28.8 Å². The van der Waals surface area contributed by atoms with Gasteiger partial charge in [0.2, 0.25) is 0 Å². The third-order valence-electron chi connectivity index (χ3n) is 2.02. The molecule has 0 saturated carbocycles. The first-order valence-electron chi connectivity index (χ1n) is 4.67. The molecule has 0 aliphatic rings. The van der Waals surface area contributed by atoms with Crippen LogP contribution in [0, 0.1) is 0 Å². The SMILES string of the molecule is O=C(NCc1cccs1)c1cnccc1Cl. The fourth-order valence-corrected chi connectivity index (χ4v) is 2.06. The number of thiophene rings is 1. The first-order chi connectivity index (χ1) is 7.77. The summed E-state index contributed by atoms with van der Waals surface area (Å²) in [6, 6.07) is 5.51. The highest BCUT2D eigenvalue weighted by atomic mass is 35.5. The topological polar surface area (TPSA) is 42.0 Å². The molecule has 2 aromatic heterocycles. The Bertz CT molecular complexity index is 484. The van der Waals surface area contributed by atoms with E-state index in [1.54, 1.807) is 23.6 Å². The molecule has 0 unspecified atom stereocenters. The minimum Gasteiger partial charge on any atom is -0.347 e. The van der Waals surface area contributed by atoms with Crippen LogP contribution in [-0.2, 0) is 6.54 Å². The maximum Gasteiger partial charge on any atom is 0.254 e. The Kier molecular flexibility index (Phi) is 3.54. The van der Waals surface area contributed by atoms with Crippen LogP contribution in [0.15, 0.2) is 36.0 Å². The molecule has 0 aliphatic carbocycles. The zero-order chi connectivity index (χ0) is 11.4. The molecule has 2 aromatic rings. The van der Waals surface area contributed by atoms with Gasteiger partial charge in [0.05, 0.1) is 17.1 Å². The van der Waals surface area contributed by atoms with E-state index in [0.717, 1.165) is 4.88 Å². The zero-order valence-corrected chi connectivity index (χ0v) is 9.89. The number of hydrogen-bond donors (Lipinski definition) is 1. The van der Waals surface area contributed by atoms with E-state index >= 15 is 0 Å². The molecule has 0 saturated heterocycles. The first-order valence-corrected chi connectivity index (χ1v) is 5.93. The van der Waals surface area contributed by atoms with Crippen molar-refractivity contribution in [2.75, 3.05) is 0 Å². The Balaban J connectivity index is 2.01. The average Bonchev–Trinajstić information content (AvgIpc) is 2.79. The second-order valence-electron chi connectivity index (χ2n) is 3.12.